The summed E-state index contributed by atoms with van der Waals surface area (Å²) in [7, 11) is 0. The van der Waals surface area contributed by atoms with Crippen LogP contribution in [0.5, 0.6) is 0 Å². The lowest BCUT2D eigenvalue weighted by Crippen LogP contribution is -2.48. The summed E-state index contributed by atoms with van der Waals surface area (Å²) in [4.78, 5) is 6.07. The number of nitrogens with two attached hydrogens (primary N) is 1. The smallest absolute Gasteiger partial charge is 0.0639 e. The molecule has 3 rings (SSSR count). The highest BCUT2D eigenvalue weighted by Crippen LogP contribution is 2.26. The Balaban J connectivity index is 1.55. The second kappa shape index (κ2) is 6.79. The number of rotatable bonds is 4. The van der Waals surface area contributed by atoms with Crippen molar-refractivity contribution in [3.05, 3.63) is 51.7 Å². The first-order valence-electron chi connectivity index (χ1n) is 7.25. The van der Waals surface area contributed by atoms with Gasteiger partial charge in [-0.05, 0) is 23.6 Å². The van der Waals surface area contributed by atoms with E-state index in [0.29, 0.717) is 0 Å². The second-order valence-corrected chi connectivity index (χ2v) is 6.75. The van der Waals surface area contributed by atoms with Gasteiger partial charge < -0.3 is 10.6 Å². The third kappa shape index (κ3) is 3.58. The molecule has 5 heteroatoms. The molecule has 0 bridgehead atoms. The first kappa shape index (κ1) is 14.9. The molecule has 1 saturated heterocycles. The Bertz CT molecular complexity index is 565. The van der Waals surface area contributed by atoms with Crippen LogP contribution in [0.3, 0.4) is 0 Å². The van der Waals surface area contributed by atoms with Gasteiger partial charge in [0, 0.05) is 37.6 Å². The highest BCUT2D eigenvalue weighted by molar-refractivity contribution is 7.10. The molecule has 1 aliphatic heterocycles. The summed E-state index contributed by atoms with van der Waals surface area (Å²) in [5, 5.41) is 2.92. The molecule has 0 radical (unpaired) electrons. The summed E-state index contributed by atoms with van der Waals surface area (Å²) < 4.78 is 0. The monoisotopic (exact) mass is 321 g/mol. The fourth-order valence-electron chi connectivity index (χ4n) is 2.75. The number of anilines is 1. The Hall–Kier alpha value is -1.07. The number of benzene rings is 1. The molecule has 1 aliphatic rings. The lowest BCUT2D eigenvalue weighted by atomic mass is 10.2. The predicted molar refractivity (Wildman–Crippen MR) is 91.4 cm³/mol. The lowest BCUT2D eigenvalue weighted by molar-refractivity contribution is 0.244. The number of nitrogens with zero attached hydrogens (tertiary/aromatic N) is 2. The predicted octanol–water partition coefficient (Wildman–Crippen LogP) is 3.22. The van der Waals surface area contributed by atoms with Crippen LogP contribution in [-0.2, 0) is 0 Å². The molecule has 1 aromatic heterocycles. The Morgan fingerprint density at radius 1 is 1.10 bits per heavy atom. The summed E-state index contributed by atoms with van der Waals surface area (Å²) in [6.07, 6.45) is 0. The first-order valence-corrected chi connectivity index (χ1v) is 8.50. The number of hydrogen-bond donors (Lipinski definition) is 1. The minimum Gasteiger partial charge on any atom is -0.368 e. The Kier molecular flexibility index (Phi) is 4.80. The summed E-state index contributed by atoms with van der Waals surface area (Å²) in [5.41, 5.74) is 7.41. The van der Waals surface area contributed by atoms with Crippen LogP contribution in [0.1, 0.15) is 10.9 Å². The molecule has 0 amide bonds. The van der Waals surface area contributed by atoms with Crippen LogP contribution in [0.25, 0.3) is 0 Å². The maximum absolute atomic E-state index is 6.27. The zero-order chi connectivity index (χ0) is 14.7. The van der Waals surface area contributed by atoms with E-state index >= 15 is 0 Å². The number of piperazine rings is 1. The van der Waals surface area contributed by atoms with Gasteiger partial charge in [-0.3, -0.25) is 4.90 Å². The van der Waals surface area contributed by atoms with E-state index in [1.807, 2.05) is 18.2 Å². The van der Waals surface area contributed by atoms with Gasteiger partial charge in [-0.1, -0.05) is 29.8 Å². The van der Waals surface area contributed by atoms with Gasteiger partial charge in [0.05, 0.1) is 16.8 Å². The third-order valence-corrected chi connectivity index (χ3v) is 5.25. The summed E-state index contributed by atoms with van der Waals surface area (Å²) >= 11 is 8.01. The molecule has 112 valence electrons. The van der Waals surface area contributed by atoms with E-state index in [9.17, 15) is 0 Å². The molecule has 1 aromatic carbocycles. The fourth-order valence-corrected chi connectivity index (χ4v) is 3.73. The Labute approximate surface area is 134 Å². The van der Waals surface area contributed by atoms with Crippen LogP contribution in [0, 0.1) is 0 Å². The molecule has 1 atom stereocenters. The van der Waals surface area contributed by atoms with Crippen molar-refractivity contribution in [2.75, 3.05) is 37.6 Å². The number of halogens is 1. The zero-order valence-electron chi connectivity index (χ0n) is 11.9. The average molecular weight is 322 g/mol. The van der Waals surface area contributed by atoms with Crippen molar-refractivity contribution < 1.29 is 0 Å². The molecular formula is C16H20ClN3S. The van der Waals surface area contributed by atoms with Gasteiger partial charge in [0.25, 0.3) is 0 Å². The van der Waals surface area contributed by atoms with Crippen molar-refractivity contribution in [2.45, 2.75) is 6.04 Å². The van der Waals surface area contributed by atoms with Gasteiger partial charge in [0.1, 0.15) is 0 Å². The zero-order valence-corrected chi connectivity index (χ0v) is 13.5. The Morgan fingerprint density at radius 2 is 1.86 bits per heavy atom. The summed E-state index contributed by atoms with van der Waals surface area (Å²) in [5.74, 6) is 0. The van der Waals surface area contributed by atoms with Gasteiger partial charge >= 0.3 is 0 Å². The molecule has 1 unspecified atom stereocenters. The van der Waals surface area contributed by atoms with Gasteiger partial charge in [0.15, 0.2) is 0 Å². The van der Waals surface area contributed by atoms with Gasteiger partial charge in [-0.2, -0.15) is 0 Å². The molecular weight excluding hydrogens is 302 g/mol. The van der Waals surface area contributed by atoms with Crippen molar-refractivity contribution in [2.24, 2.45) is 5.73 Å². The quantitative estimate of drug-likeness (QED) is 0.938. The normalized spacial score (nSPS) is 17.9. The van der Waals surface area contributed by atoms with Gasteiger partial charge in [0.2, 0.25) is 0 Å². The average Bonchev–Trinajstić information content (AvgIpc) is 3.03. The minimum atomic E-state index is 0.122. The first-order chi connectivity index (χ1) is 10.2. The molecule has 3 nitrogen and oxygen atoms in total. The van der Waals surface area contributed by atoms with Crippen molar-refractivity contribution >= 4 is 28.6 Å². The molecule has 2 aromatic rings. The van der Waals surface area contributed by atoms with E-state index < -0.39 is 0 Å². The number of hydrogen-bond acceptors (Lipinski definition) is 4. The second-order valence-electron chi connectivity index (χ2n) is 5.36. The van der Waals surface area contributed by atoms with Crippen LogP contribution in [0.15, 0.2) is 41.8 Å². The van der Waals surface area contributed by atoms with Gasteiger partial charge in [-0.15, -0.1) is 11.3 Å². The maximum atomic E-state index is 6.27. The molecule has 0 spiro atoms. The molecule has 0 aliphatic carbocycles. The van der Waals surface area contributed by atoms with Crippen molar-refractivity contribution in [3.8, 4) is 0 Å². The highest BCUT2D eigenvalue weighted by Gasteiger charge is 2.20. The van der Waals surface area contributed by atoms with E-state index in [2.05, 4.69) is 33.4 Å². The fraction of sp³-hybridized carbons (Fsp3) is 0.375. The van der Waals surface area contributed by atoms with Crippen LogP contribution in [-0.4, -0.2) is 37.6 Å². The lowest BCUT2D eigenvalue weighted by Gasteiger charge is -2.37. The SMILES string of the molecule is NC(CN1CCN(c2ccccc2Cl)CC1)c1cccs1. The third-order valence-electron chi connectivity index (χ3n) is 3.93. The van der Waals surface area contributed by atoms with Crippen LogP contribution in [0.2, 0.25) is 5.02 Å². The van der Waals surface area contributed by atoms with Crippen molar-refractivity contribution in [3.63, 3.8) is 0 Å². The van der Waals surface area contributed by atoms with E-state index in [4.69, 9.17) is 17.3 Å². The van der Waals surface area contributed by atoms with E-state index in [1.54, 1.807) is 11.3 Å². The molecule has 2 N–H and O–H groups in total. The van der Waals surface area contributed by atoms with Gasteiger partial charge in [-0.25, -0.2) is 0 Å². The van der Waals surface area contributed by atoms with E-state index in [0.717, 1.165) is 43.4 Å². The Morgan fingerprint density at radius 3 is 2.52 bits per heavy atom. The van der Waals surface area contributed by atoms with Crippen molar-refractivity contribution in [1.82, 2.24) is 4.90 Å². The molecule has 2 heterocycles. The number of para-hydroxylation sites is 1. The maximum Gasteiger partial charge on any atom is 0.0639 e. The molecule has 21 heavy (non-hydrogen) atoms. The number of thiophene rings is 1. The van der Waals surface area contributed by atoms with Crippen molar-refractivity contribution in [1.29, 1.82) is 0 Å². The summed E-state index contributed by atoms with van der Waals surface area (Å²) in [6, 6.07) is 12.4. The minimum absolute atomic E-state index is 0.122. The van der Waals surface area contributed by atoms with E-state index in [1.165, 1.54) is 4.88 Å². The van der Waals surface area contributed by atoms with Crippen LogP contribution >= 0.6 is 22.9 Å². The highest BCUT2D eigenvalue weighted by atomic mass is 35.5. The largest absolute Gasteiger partial charge is 0.368 e. The standard InChI is InChI=1S/C16H20ClN3S/c17-13-4-1-2-5-15(13)20-9-7-19(8-10-20)12-14(18)16-6-3-11-21-16/h1-6,11,14H,7-10,12,18H2. The topological polar surface area (TPSA) is 32.5 Å². The van der Waals surface area contributed by atoms with E-state index in [-0.39, 0.29) is 6.04 Å². The summed E-state index contributed by atoms with van der Waals surface area (Å²) in [6.45, 7) is 4.99. The van der Waals surface area contributed by atoms with Crippen LogP contribution in [0.4, 0.5) is 5.69 Å². The molecule has 0 saturated carbocycles. The van der Waals surface area contributed by atoms with Crippen LogP contribution < -0.4 is 10.6 Å². The molecule has 1 fully saturated rings.